The number of carbonyl (C=O) groups is 4. The number of carbonyl (C=O) groups excluding carboxylic acids is 3. The first kappa shape index (κ1) is 18.3. The zero-order valence-corrected chi connectivity index (χ0v) is 13.4. The molecule has 0 atom stereocenters. The van der Waals surface area contributed by atoms with Crippen molar-refractivity contribution in [2.45, 2.75) is 71.3 Å². The van der Waals surface area contributed by atoms with E-state index in [1.54, 1.807) is 0 Å². The van der Waals surface area contributed by atoms with Crippen molar-refractivity contribution in [3.63, 3.8) is 0 Å². The zero-order chi connectivity index (χ0) is 17.0. The van der Waals surface area contributed by atoms with E-state index in [2.05, 4.69) is 0 Å². The Balaban J connectivity index is 2.90. The molecule has 124 valence electrons. The van der Waals surface area contributed by atoms with Gasteiger partial charge in [0, 0.05) is 6.42 Å². The predicted octanol–water partition coefficient (Wildman–Crippen LogP) is 2.28. The highest BCUT2D eigenvalue weighted by molar-refractivity contribution is 6.11. The van der Waals surface area contributed by atoms with Crippen LogP contribution in [-0.4, -0.2) is 34.2 Å². The zero-order valence-electron chi connectivity index (χ0n) is 13.4. The number of hydrogen-bond donors (Lipinski definition) is 1. The maximum Gasteiger partial charge on any atom is 0.324 e. The molecule has 6 heteroatoms. The van der Waals surface area contributed by atoms with Gasteiger partial charge in [0.1, 0.15) is 0 Å². The molecular weight excluding hydrogens is 288 g/mol. The quantitative estimate of drug-likeness (QED) is 0.377. The minimum atomic E-state index is -1.84. The van der Waals surface area contributed by atoms with E-state index < -0.39 is 34.5 Å². The molecule has 0 unspecified atom stereocenters. The third kappa shape index (κ3) is 3.54. The van der Waals surface area contributed by atoms with Gasteiger partial charge in [-0.1, -0.05) is 26.2 Å². The Bertz CT molecular complexity index is 461. The predicted molar refractivity (Wildman–Crippen MR) is 78.2 cm³/mol. The number of hydrogen-bond acceptors (Lipinski definition) is 5. The lowest BCUT2D eigenvalue weighted by molar-refractivity contribution is -0.181. The summed E-state index contributed by atoms with van der Waals surface area (Å²) in [5.74, 6) is -3.33. The number of ketones is 2. The number of aliphatic carboxylic acids is 1. The SMILES string of the molecule is CCCCCCC(OC(=O)C1(C(=O)O)CC1)(C(C)=O)C(C)=O. The van der Waals surface area contributed by atoms with Gasteiger partial charge in [0.15, 0.2) is 17.0 Å². The number of esters is 1. The molecule has 0 aliphatic heterocycles. The van der Waals surface area contributed by atoms with Crippen molar-refractivity contribution < 1.29 is 29.0 Å². The Morgan fingerprint density at radius 2 is 1.59 bits per heavy atom. The highest BCUT2D eigenvalue weighted by atomic mass is 16.6. The molecule has 0 saturated heterocycles. The van der Waals surface area contributed by atoms with Crippen LogP contribution in [0.3, 0.4) is 0 Å². The average Bonchev–Trinajstić information content (AvgIpc) is 3.22. The fourth-order valence-electron chi connectivity index (χ4n) is 2.48. The van der Waals surface area contributed by atoms with Crippen molar-refractivity contribution >= 4 is 23.5 Å². The molecule has 1 aliphatic carbocycles. The molecule has 1 saturated carbocycles. The molecule has 1 N–H and O–H groups in total. The van der Waals surface area contributed by atoms with Crippen LogP contribution in [0.1, 0.15) is 65.7 Å². The minimum Gasteiger partial charge on any atom is -0.480 e. The summed E-state index contributed by atoms with van der Waals surface area (Å²) in [6, 6.07) is 0. The van der Waals surface area contributed by atoms with Gasteiger partial charge < -0.3 is 9.84 Å². The average molecular weight is 312 g/mol. The number of rotatable bonds is 10. The lowest BCUT2D eigenvalue weighted by atomic mass is 9.87. The van der Waals surface area contributed by atoms with Crippen LogP contribution in [0, 0.1) is 5.41 Å². The largest absolute Gasteiger partial charge is 0.480 e. The molecule has 0 aromatic rings. The van der Waals surface area contributed by atoms with Crippen molar-refractivity contribution in [1.82, 2.24) is 0 Å². The normalized spacial score (nSPS) is 16.0. The van der Waals surface area contributed by atoms with E-state index in [1.807, 2.05) is 6.92 Å². The Labute approximate surface area is 130 Å². The fourth-order valence-corrected chi connectivity index (χ4v) is 2.48. The number of ether oxygens (including phenoxy) is 1. The lowest BCUT2D eigenvalue weighted by Gasteiger charge is -2.29. The first-order valence-corrected chi connectivity index (χ1v) is 7.72. The molecule has 0 amide bonds. The molecule has 0 radical (unpaired) electrons. The monoisotopic (exact) mass is 312 g/mol. The highest BCUT2D eigenvalue weighted by Gasteiger charge is 2.61. The van der Waals surface area contributed by atoms with Crippen LogP contribution in [0.15, 0.2) is 0 Å². The lowest BCUT2D eigenvalue weighted by Crippen LogP contribution is -2.50. The van der Waals surface area contributed by atoms with Gasteiger partial charge in [0.2, 0.25) is 5.60 Å². The molecule has 0 heterocycles. The molecule has 0 aromatic carbocycles. The van der Waals surface area contributed by atoms with Crippen molar-refractivity contribution in [1.29, 1.82) is 0 Å². The van der Waals surface area contributed by atoms with Crippen LogP contribution in [0.5, 0.6) is 0 Å². The second kappa shape index (κ2) is 7.03. The molecule has 6 nitrogen and oxygen atoms in total. The van der Waals surface area contributed by atoms with Crippen LogP contribution in [0.2, 0.25) is 0 Å². The van der Waals surface area contributed by atoms with Gasteiger partial charge in [-0.2, -0.15) is 0 Å². The van der Waals surface area contributed by atoms with Gasteiger partial charge in [-0.3, -0.25) is 19.2 Å². The van der Waals surface area contributed by atoms with Gasteiger partial charge in [-0.05, 0) is 33.1 Å². The van der Waals surface area contributed by atoms with E-state index in [4.69, 9.17) is 9.84 Å². The first-order chi connectivity index (χ1) is 10.2. The van der Waals surface area contributed by atoms with Crippen molar-refractivity contribution in [3.8, 4) is 0 Å². The second-order valence-electron chi connectivity index (χ2n) is 6.03. The highest BCUT2D eigenvalue weighted by Crippen LogP contribution is 2.48. The van der Waals surface area contributed by atoms with Crippen LogP contribution in [0.25, 0.3) is 0 Å². The minimum absolute atomic E-state index is 0.110. The van der Waals surface area contributed by atoms with E-state index in [0.717, 1.165) is 19.3 Å². The summed E-state index contributed by atoms with van der Waals surface area (Å²) in [5, 5.41) is 9.12. The van der Waals surface area contributed by atoms with Gasteiger partial charge >= 0.3 is 11.9 Å². The number of Topliss-reactive ketones (excluding diaryl/α,β-unsaturated/α-hetero) is 2. The maximum absolute atomic E-state index is 12.2. The second-order valence-corrected chi connectivity index (χ2v) is 6.03. The van der Waals surface area contributed by atoms with Crippen LogP contribution in [-0.2, 0) is 23.9 Å². The van der Waals surface area contributed by atoms with E-state index in [1.165, 1.54) is 13.8 Å². The molecule has 22 heavy (non-hydrogen) atoms. The molecule has 0 bridgehead atoms. The van der Waals surface area contributed by atoms with E-state index in [9.17, 15) is 19.2 Å². The Hall–Kier alpha value is -1.72. The number of unbranched alkanes of at least 4 members (excludes halogenated alkanes) is 3. The third-order valence-corrected chi connectivity index (χ3v) is 4.34. The van der Waals surface area contributed by atoms with Gasteiger partial charge in [0.25, 0.3) is 0 Å². The molecule has 0 aromatic heterocycles. The summed E-state index contributed by atoms with van der Waals surface area (Å²) in [5.41, 5.74) is -3.41. The van der Waals surface area contributed by atoms with Crippen LogP contribution < -0.4 is 0 Å². The molecule has 0 spiro atoms. The van der Waals surface area contributed by atoms with Gasteiger partial charge in [-0.25, -0.2) is 0 Å². The van der Waals surface area contributed by atoms with Crippen molar-refractivity contribution in [3.05, 3.63) is 0 Å². The van der Waals surface area contributed by atoms with Crippen molar-refractivity contribution in [2.75, 3.05) is 0 Å². The summed E-state index contributed by atoms with van der Waals surface area (Å²) < 4.78 is 5.21. The summed E-state index contributed by atoms with van der Waals surface area (Å²) in [7, 11) is 0. The number of carboxylic acid groups (broad SMARTS) is 1. The maximum atomic E-state index is 12.2. The molecular formula is C16H24O6. The first-order valence-electron chi connectivity index (χ1n) is 7.72. The third-order valence-electron chi connectivity index (χ3n) is 4.34. The number of carboxylic acids is 1. The summed E-state index contributed by atoms with van der Waals surface area (Å²) in [4.78, 5) is 47.3. The molecule has 1 aliphatic rings. The topological polar surface area (TPSA) is 97.7 Å². The molecule has 1 rings (SSSR count). The van der Waals surface area contributed by atoms with Crippen LogP contribution in [0.4, 0.5) is 0 Å². The Morgan fingerprint density at radius 1 is 1.05 bits per heavy atom. The Morgan fingerprint density at radius 3 is 1.95 bits per heavy atom. The summed E-state index contributed by atoms with van der Waals surface area (Å²) in [6.45, 7) is 4.44. The summed E-state index contributed by atoms with van der Waals surface area (Å²) >= 11 is 0. The fraction of sp³-hybridized carbons (Fsp3) is 0.750. The van der Waals surface area contributed by atoms with E-state index in [0.29, 0.717) is 6.42 Å². The smallest absolute Gasteiger partial charge is 0.324 e. The standard InChI is InChI=1S/C16H24O6/c1-4-5-6-7-8-16(11(2)17,12(3)18)22-14(21)15(9-10-15)13(19)20/h4-10H2,1-3H3,(H,19,20). The van der Waals surface area contributed by atoms with Gasteiger partial charge in [-0.15, -0.1) is 0 Å². The van der Waals surface area contributed by atoms with E-state index in [-0.39, 0.29) is 19.3 Å². The van der Waals surface area contributed by atoms with Gasteiger partial charge in [0.05, 0.1) is 0 Å². The van der Waals surface area contributed by atoms with E-state index >= 15 is 0 Å². The summed E-state index contributed by atoms with van der Waals surface area (Å²) in [6.07, 6.45) is 3.82. The van der Waals surface area contributed by atoms with Crippen molar-refractivity contribution in [2.24, 2.45) is 5.41 Å². The Kier molecular flexibility index (Phi) is 5.85. The molecule has 1 fully saturated rings. The van der Waals surface area contributed by atoms with Crippen LogP contribution >= 0.6 is 0 Å².